The summed E-state index contributed by atoms with van der Waals surface area (Å²) in [5.41, 5.74) is 6.37. The van der Waals surface area contributed by atoms with E-state index in [4.69, 9.17) is 5.73 Å². The van der Waals surface area contributed by atoms with Crippen LogP contribution in [0.4, 0.5) is 0 Å². The van der Waals surface area contributed by atoms with Crippen LogP contribution in [0.3, 0.4) is 0 Å². The maximum Gasteiger partial charge on any atom is 0.0759 e. The molecule has 70 valence electrons. The number of nitrogens with two attached hydrogens (primary N) is 1. The summed E-state index contributed by atoms with van der Waals surface area (Å²) < 4.78 is 0. The highest BCUT2D eigenvalue weighted by Crippen LogP contribution is 2.49. The van der Waals surface area contributed by atoms with Crippen molar-refractivity contribution in [2.75, 3.05) is 14.1 Å². The molecule has 0 aromatic heterocycles. The third-order valence-corrected chi connectivity index (χ3v) is 2.84. The maximum atomic E-state index is 5.85. The smallest absolute Gasteiger partial charge is 0.0759 e. The lowest BCUT2D eigenvalue weighted by Gasteiger charge is -2.16. The molecule has 0 saturated heterocycles. The second-order valence-corrected chi connectivity index (χ2v) is 4.03. The van der Waals surface area contributed by atoms with Gasteiger partial charge in [0, 0.05) is 0 Å². The lowest BCUT2D eigenvalue weighted by molar-refractivity contribution is 0.349. The monoisotopic (exact) mass is 168 g/mol. The zero-order valence-electron chi connectivity index (χ0n) is 8.38. The van der Waals surface area contributed by atoms with Gasteiger partial charge in [0.2, 0.25) is 0 Å². The first-order valence-corrected chi connectivity index (χ1v) is 4.71. The van der Waals surface area contributed by atoms with E-state index in [9.17, 15) is 0 Å². The van der Waals surface area contributed by atoms with Gasteiger partial charge in [-0.3, -0.25) is 4.90 Å². The Morgan fingerprint density at radius 3 is 2.42 bits per heavy atom. The molecule has 2 heteroatoms. The van der Waals surface area contributed by atoms with Crippen molar-refractivity contribution in [3.63, 3.8) is 0 Å². The summed E-state index contributed by atoms with van der Waals surface area (Å²) in [4.78, 5) is 2.02. The number of allylic oxidation sites excluding steroid dienone is 1. The van der Waals surface area contributed by atoms with Gasteiger partial charge in [0.25, 0.3) is 0 Å². The van der Waals surface area contributed by atoms with Crippen molar-refractivity contribution >= 4 is 0 Å². The Labute approximate surface area is 75.4 Å². The summed E-state index contributed by atoms with van der Waals surface area (Å²) in [6.45, 7) is 2.25. The number of nitrogens with zero attached hydrogens (tertiary/aromatic N) is 1. The van der Waals surface area contributed by atoms with E-state index in [1.165, 1.54) is 19.3 Å². The molecule has 0 aromatic rings. The van der Waals surface area contributed by atoms with Crippen molar-refractivity contribution in [2.24, 2.45) is 11.1 Å². The zero-order valence-corrected chi connectivity index (χ0v) is 8.38. The average molecular weight is 168 g/mol. The Bertz CT molecular complexity index is 169. The molecule has 0 aliphatic heterocycles. The first kappa shape index (κ1) is 9.75. The Balaban J connectivity index is 2.39. The summed E-state index contributed by atoms with van der Waals surface area (Å²) in [6.07, 6.45) is 8.45. The van der Waals surface area contributed by atoms with Crippen LogP contribution < -0.4 is 5.73 Å². The predicted octanol–water partition coefficient (Wildman–Crippen LogP) is 1.58. The molecule has 0 spiro atoms. The van der Waals surface area contributed by atoms with E-state index in [1.54, 1.807) is 0 Å². The van der Waals surface area contributed by atoms with Gasteiger partial charge in [0.05, 0.1) is 6.17 Å². The van der Waals surface area contributed by atoms with Gasteiger partial charge in [0.1, 0.15) is 0 Å². The first-order chi connectivity index (χ1) is 5.59. The summed E-state index contributed by atoms with van der Waals surface area (Å²) in [7, 11) is 4.00. The van der Waals surface area contributed by atoms with Crippen LogP contribution in [0.1, 0.15) is 26.2 Å². The highest BCUT2D eigenvalue weighted by atomic mass is 15.2. The molecule has 1 aliphatic carbocycles. The van der Waals surface area contributed by atoms with Gasteiger partial charge >= 0.3 is 0 Å². The molecule has 1 atom stereocenters. The van der Waals surface area contributed by atoms with Crippen molar-refractivity contribution < 1.29 is 0 Å². The molecule has 0 heterocycles. The lowest BCUT2D eigenvalue weighted by atomic mass is 10.0. The fourth-order valence-corrected chi connectivity index (χ4v) is 1.27. The van der Waals surface area contributed by atoms with Crippen molar-refractivity contribution in [1.82, 2.24) is 4.90 Å². The SMILES string of the molecule is CCC1(/C=C\C(N)N(C)C)CC1. The fourth-order valence-electron chi connectivity index (χ4n) is 1.27. The molecule has 0 radical (unpaired) electrons. The van der Waals surface area contributed by atoms with Crippen LogP contribution in [0.5, 0.6) is 0 Å². The van der Waals surface area contributed by atoms with Gasteiger partial charge in [-0.1, -0.05) is 19.1 Å². The Hall–Kier alpha value is -0.340. The van der Waals surface area contributed by atoms with E-state index >= 15 is 0 Å². The van der Waals surface area contributed by atoms with Gasteiger partial charge in [0.15, 0.2) is 0 Å². The second-order valence-electron chi connectivity index (χ2n) is 4.03. The average Bonchev–Trinajstić information content (AvgIpc) is 2.81. The minimum absolute atomic E-state index is 0.0778. The third kappa shape index (κ3) is 2.32. The minimum atomic E-state index is 0.0778. The van der Waals surface area contributed by atoms with Gasteiger partial charge in [-0.05, 0) is 38.8 Å². The zero-order chi connectivity index (χ0) is 9.19. The van der Waals surface area contributed by atoms with Crippen LogP contribution in [0.2, 0.25) is 0 Å². The fraction of sp³-hybridized carbons (Fsp3) is 0.800. The summed E-state index contributed by atoms with van der Waals surface area (Å²) in [6, 6.07) is 0. The molecule has 0 aromatic carbocycles. The van der Waals surface area contributed by atoms with Gasteiger partial charge in [-0.2, -0.15) is 0 Å². The predicted molar refractivity (Wildman–Crippen MR) is 52.8 cm³/mol. The Morgan fingerprint density at radius 1 is 1.50 bits per heavy atom. The number of rotatable bonds is 4. The standard InChI is InChI=1S/C10H20N2/c1-4-10(7-8-10)6-5-9(11)12(2)3/h5-6,9H,4,7-8,11H2,1-3H3/b6-5-. The van der Waals surface area contributed by atoms with E-state index in [-0.39, 0.29) is 6.17 Å². The van der Waals surface area contributed by atoms with Crippen LogP contribution >= 0.6 is 0 Å². The molecular formula is C10H20N2. The molecule has 1 fully saturated rings. The maximum absolute atomic E-state index is 5.85. The molecular weight excluding hydrogens is 148 g/mol. The molecule has 0 amide bonds. The van der Waals surface area contributed by atoms with Crippen LogP contribution in [0.25, 0.3) is 0 Å². The first-order valence-electron chi connectivity index (χ1n) is 4.71. The van der Waals surface area contributed by atoms with Crippen molar-refractivity contribution in [1.29, 1.82) is 0 Å². The van der Waals surface area contributed by atoms with Crippen LogP contribution in [-0.4, -0.2) is 25.2 Å². The van der Waals surface area contributed by atoms with Crippen molar-refractivity contribution in [2.45, 2.75) is 32.4 Å². The number of hydrogen-bond acceptors (Lipinski definition) is 2. The van der Waals surface area contributed by atoms with Gasteiger partial charge in [-0.15, -0.1) is 0 Å². The van der Waals surface area contributed by atoms with E-state index in [0.29, 0.717) is 5.41 Å². The minimum Gasteiger partial charge on any atom is -0.312 e. The third-order valence-electron chi connectivity index (χ3n) is 2.84. The Morgan fingerprint density at radius 2 is 2.08 bits per heavy atom. The number of hydrogen-bond donors (Lipinski definition) is 1. The Kier molecular flexibility index (Phi) is 2.91. The number of likely N-dealkylation sites (N-methyl/N-ethyl adjacent to an activating group) is 1. The van der Waals surface area contributed by atoms with Crippen LogP contribution in [0.15, 0.2) is 12.2 Å². The largest absolute Gasteiger partial charge is 0.312 e. The second kappa shape index (κ2) is 3.58. The summed E-state index contributed by atoms with van der Waals surface area (Å²) in [5.74, 6) is 0. The summed E-state index contributed by atoms with van der Waals surface area (Å²) in [5, 5.41) is 0. The highest BCUT2D eigenvalue weighted by molar-refractivity contribution is 5.10. The molecule has 1 unspecified atom stereocenters. The lowest BCUT2D eigenvalue weighted by Crippen LogP contribution is -2.34. The quantitative estimate of drug-likeness (QED) is 0.510. The molecule has 1 rings (SSSR count). The summed E-state index contributed by atoms with van der Waals surface area (Å²) >= 11 is 0. The van der Waals surface area contributed by atoms with Gasteiger partial charge in [-0.25, -0.2) is 0 Å². The van der Waals surface area contributed by atoms with Crippen molar-refractivity contribution in [3.8, 4) is 0 Å². The van der Waals surface area contributed by atoms with Crippen LogP contribution in [0, 0.1) is 5.41 Å². The van der Waals surface area contributed by atoms with Gasteiger partial charge < -0.3 is 5.73 Å². The van der Waals surface area contributed by atoms with Crippen LogP contribution in [-0.2, 0) is 0 Å². The topological polar surface area (TPSA) is 29.3 Å². The molecule has 1 saturated carbocycles. The molecule has 12 heavy (non-hydrogen) atoms. The van der Waals surface area contributed by atoms with E-state index in [0.717, 1.165) is 0 Å². The highest BCUT2D eigenvalue weighted by Gasteiger charge is 2.37. The van der Waals surface area contributed by atoms with Crippen molar-refractivity contribution in [3.05, 3.63) is 12.2 Å². The van der Waals surface area contributed by atoms with E-state index < -0.39 is 0 Å². The molecule has 0 bridgehead atoms. The molecule has 2 nitrogen and oxygen atoms in total. The normalized spacial score (nSPS) is 23.4. The van der Waals surface area contributed by atoms with E-state index in [2.05, 4.69) is 19.1 Å². The molecule has 1 aliphatic rings. The van der Waals surface area contributed by atoms with E-state index in [1.807, 2.05) is 19.0 Å². The molecule has 2 N–H and O–H groups in total.